The monoisotopic (exact) mass is 353 g/mol. The van der Waals surface area contributed by atoms with E-state index in [0.29, 0.717) is 13.0 Å². The van der Waals surface area contributed by atoms with Crippen molar-refractivity contribution < 1.29 is 14.3 Å². The van der Waals surface area contributed by atoms with E-state index in [1.54, 1.807) is 6.08 Å². The second-order valence-electron chi connectivity index (χ2n) is 6.31. The summed E-state index contributed by atoms with van der Waals surface area (Å²) < 4.78 is 7.40. The van der Waals surface area contributed by atoms with Gasteiger partial charge in [-0.1, -0.05) is 18.2 Å². The van der Waals surface area contributed by atoms with Gasteiger partial charge in [0.1, 0.15) is 6.10 Å². The lowest BCUT2D eigenvalue weighted by molar-refractivity contribution is -0.133. The molecule has 26 heavy (non-hydrogen) atoms. The lowest BCUT2D eigenvalue weighted by atomic mass is 10.2. The Balaban J connectivity index is 1.63. The number of para-hydroxylation sites is 1. The number of benzene rings is 1. The first-order valence-electron chi connectivity index (χ1n) is 8.70. The summed E-state index contributed by atoms with van der Waals surface area (Å²) in [5.41, 5.74) is 8.94. The quantitative estimate of drug-likeness (QED) is 0.655. The maximum absolute atomic E-state index is 11.9. The van der Waals surface area contributed by atoms with Crippen molar-refractivity contribution in [1.29, 1.82) is 0 Å². The molecule has 1 unspecified atom stereocenters. The van der Waals surface area contributed by atoms with Gasteiger partial charge in [0.15, 0.2) is 0 Å². The number of nitrogens with one attached hydrogen (secondary N) is 2. The zero-order valence-electron chi connectivity index (χ0n) is 15.0. The summed E-state index contributed by atoms with van der Waals surface area (Å²) in [5.74, 6) is -0.702. The predicted octanol–water partition coefficient (Wildman–Crippen LogP) is 2.43. The standard InChI is InChI=1S/C20H23N3O3/c1-14-13-16(15(2)23(14)17-7-4-3-5-8-17)10-11-19(24)21-22-20(25)18-9-6-12-26-18/h3-5,7-8,10-11,13,18H,6,9,12H2,1-2H3,(H,21,24)(H,22,25). The van der Waals surface area contributed by atoms with Crippen molar-refractivity contribution in [1.82, 2.24) is 15.4 Å². The molecule has 2 amide bonds. The second-order valence-corrected chi connectivity index (χ2v) is 6.31. The molecular formula is C20H23N3O3. The number of hydrogen-bond acceptors (Lipinski definition) is 3. The minimum atomic E-state index is -0.468. The average molecular weight is 353 g/mol. The number of rotatable bonds is 4. The van der Waals surface area contributed by atoms with Gasteiger partial charge in [0.25, 0.3) is 11.8 Å². The fourth-order valence-corrected chi connectivity index (χ4v) is 3.13. The Hall–Kier alpha value is -2.86. The lowest BCUT2D eigenvalue weighted by Gasteiger charge is -2.10. The Morgan fingerprint density at radius 1 is 1.19 bits per heavy atom. The molecule has 0 bridgehead atoms. The molecule has 136 valence electrons. The Bertz CT molecular complexity index is 818. The van der Waals surface area contributed by atoms with Crippen molar-refractivity contribution in [2.45, 2.75) is 32.8 Å². The summed E-state index contributed by atoms with van der Waals surface area (Å²) in [4.78, 5) is 23.8. The van der Waals surface area contributed by atoms with Crippen LogP contribution in [0.3, 0.4) is 0 Å². The van der Waals surface area contributed by atoms with Crippen molar-refractivity contribution in [2.75, 3.05) is 6.61 Å². The van der Waals surface area contributed by atoms with Gasteiger partial charge in [-0.15, -0.1) is 0 Å². The average Bonchev–Trinajstić information content (AvgIpc) is 3.27. The summed E-state index contributed by atoms with van der Waals surface area (Å²) >= 11 is 0. The van der Waals surface area contributed by atoms with Crippen molar-refractivity contribution in [2.24, 2.45) is 0 Å². The SMILES string of the molecule is Cc1cc(C=CC(=O)NNC(=O)C2CCCO2)c(C)n1-c1ccccc1. The maximum atomic E-state index is 11.9. The third-order valence-electron chi connectivity index (χ3n) is 4.43. The number of hydrazine groups is 1. The van der Waals surface area contributed by atoms with Crippen LogP contribution in [-0.4, -0.2) is 29.1 Å². The normalized spacial score (nSPS) is 16.8. The van der Waals surface area contributed by atoms with Gasteiger partial charge in [-0.2, -0.15) is 0 Å². The van der Waals surface area contributed by atoms with Crippen LogP contribution in [-0.2, 0) is 14.3 Å². The highest BCUT2D eigenvalue weighted by molar-refractivity contribution is 5.93. The number of carbonyl (C=O) groups is 2. The number of aryl methyl sites for hydroxylation is 1. The van der Waals surface area contributed by atoms with Gasteiger partial charge in [0.2, 0.25) is 0 Å². The molecule has 1 saturated heterocycles. The first kappa shape index (κ1) is 17.9. The van der Waals surface area contributed by atoms with Crippen LogP contribution in [0.15, 0.2) is 42.5 Å². The smallest absolute Gasteiger partial charge is 0.267 e. The van der Waals surface area contributed by atoms with Gasteiger partial charge in [-0.05, 0) is 56.5 Å². The molecule has 1 fully saturated rings. The van der Waals surface area contributed by atoms with Gasteiger partial charge >= 0.3 is 0 Å². The third-order valence-corrected chi connectivity index (χ3v) is 4.43. The molecule has 2 heterocycles. The number of ether oxygens (including phenoxy) is 1. The summed E-state index contributed by atoms with van der Waals surface area (Å²) in [6.45, 7) is 4.62. The molecule has 0 saturated carbocycles. The van der Waals surface area contributed by atoms with Crippen LogP contribution in [0.4, 0.5) is 0 Å². The van der Waals surface area contributed by atoms with Crippen LogP contribution in [0.25, 0.3) is 11.8 Å². The highest BCUT2D eigenvalue weighted by atomic mass is 16.5. The topological polar surface area (TPSA) is 72.4 Å². The van der Waals surface area contributed by atoms with Gasteiger partial charge in [-0.25, -0.2) is 0 Å². The van der Waals surface area contributed by atoms with Crippen molar-refractivity contribution in [3.8, 4) is 5.69 Å². The number of carbonyl (C=O) groups excluding carboxylic acids is 2. The summed E-state index contributed by atoms with van der Waals surface area (Å²) in [7, 11) is 0. The summed E-state index contributed by atoms with van der Waals surface area (Å²) in [6, 6.07) is 12.1. The van der Waals surface area contributed by atoms with Crippen molar-refractivity contribution in [3.05, 3.63) is 59.4 Å². The van der Waals surface area contributed by atoms with Crippen LogP contribution < -0.4 is 10.9 Å². The Kier molecular flexibility index (Phi) is 5.53. The van der Waals surface area contributed by atoms with E-state index in [2.05, 4.69) is 15.4 Å². The largest absolute Gasteiger partial charge is 0.368 e. The highest BCUT2D eigenvalue weighted by Crippen LogP contribution is 2.21. The van der Waals surface area contributed by atoms with E-state index in [4.69, 9.17) is 4.74 Å². The number of amides is 2. The van der Waals surface area contributed by atoms with Gasteiger partial charge in [0.05, 0.1) is 0 Å². The second kappa shape index (κ2) is 8.01. The minimum absolute atomic E-state index is 0.313. The van der Waals surface area contributed by atoms with Gasteiger partial charge < -0.3 is 9.30 Å². The zero-order valence-corrected chi connectivity index (χ0v) is 15.0. The van der Waals surface area contributed by atoms with Crippen LogP contribution in [0.1, 0.15) is 29.8 Å². The van der Waals surface area contributed by atoms with E-state index in [1.165, 1.54) is 6.08 Å². The van der Waals surface area contributed by atoms with E-state index in [1.807, 2.05) is 50.2 Å². The van der Waals surface area contributed by atoms with Crippen molar-refractivity contribution >= 4 is 17.9 Å². The van der Waals surface area contributed by atoms with Crippen molar-refractivity contribution in [3.63, 3.8) is 0 Å². The summed E-state index contributed by atoms with van der Waals surface area (Å²) in [5, 5.41) is 0. The molecule has 0 spiro atoms. The van der Waals surface area contributed by atoms with E-state index in [9.17, 15) is 9.59 Å². The van der Waals surface area contributed by atoms with Crippen LogP contribution >= 0.6 is 0 Å². The van der Waals surface area contributed by atoms with E-state index in [-0.39, 0.29) is 11.8 Å². The molecule has 2 aromatic rings. The molecule has 0 aliphatic carbocycles. The fourth-order valence-electron chi connectivity index (χ4n) is 3.13. The molecule has 2 N–H and O–H groups in total. The van der Waals surface area contributed by atoms with E-state index in [0.717, 1.165) is 29.1 Å². The van der Waals surface area contributed by atoms with Crippen LogP contribution in [0.5, 0.6) is 0 Å². The number of aromatic nitrogens is 1. The molecule has 1 aromatic carbocycles. The lowest BCUT2D eigenvalue weighted by Crippen LogP contribution is -2.45. The molecular weight excluding hydrogens is 330 g/mol. The summed E-state index contributed by atoms with van der Waals surface area (Å²) in [6.07, 6.45) is 4.23. The number of nitrogens with zero attached hydrogens (tertiary/aromatic N) is 1. The molecule has 6 nitrogen and oxygen atoms in total. The molecule has 1 aliphatic rings. The fraction of sp³-hybridized carbons (Fsp3) is 0.300. The third kappa shape index (κ3) is 4.03. The Morgan fingerprint density at radius 3 is 2.65 bits per heavy atom. The maximum Gasteiger partial charge on any atom is 0.267 e. The predicted molar refractivity (Wildman–Crippen MR) is 99.5 cm³/mol. The first-order valence-corrected chi connectivity index (χ1v) is 8.70. The molecule has 1 aromatic heterocycles. The first-order chi connectivity index (χ1) is 12.6. The zero-order chi connectivity index (χ0) is 18.5. The molecule has 1 atom stereocenters. The van der Waals surface area contributed by atoms with Crippen LogP contribution in [0, 0.1) is 13.8 Å². The minimum Gasteiger partial charge on any atom is -0.368 e. The molecule has 1 aliphatic heterocycles. The van der Waals surface area contributed by atoms with Crippen LogP contribution in [0.2, 0.25) is 0 Å². The molecule has 0 radical (unpaired) electrons. The van der Waals surface area contributed by atoms with E-state index >= 15 is 0 Å². The van der Waals surface area contributed by atoms with Gasteiger partial charge in [-0.3, -0.25) is 20.4 Å². The molecule has 6 heteroatoms. The number of hydrogen-bond donors (Lipinski definition) is 2. The van der Waals surface area contributed by atoms with E-state index < -0.39 is 6.10 Å². The Labute approximate surface area is 152 Å². The highest BCUT2D eigenvalue weighted by Gasteiger charge is 2.23. The molecule has 3 rings (SSSR count). The van der Waals surface area contributed by atoms with Gasteiger partial charge in [0, 0.05) is 29.8 Å². The Morgan fingerprint density at radius 2 is 1.96 bits per heavy atom.